The third-order valence-corrected chi connectivity index (χ3v) is 5.42. The van der Waals surface area contributed by atoms with E-state index in [0.717, 1.165) is 5.69 Å². The van der Waals surface area contributed by atoms with Gasteiger partial charge in [-0.05, 0) is 25.7 Å². The lowest BCUT2D eigenvalue weighted by molar-refractivity contribution is -0.148. The molecule has 0 saturated carbocycles. The van der Waals surface area contributed by atoms with Crippen LogP contribution in [0.1, 0.15) is 31.4 Å². The van der Waals surface area contributed by atoms with Crippen LogP contribution in [0.2, 0.25) is 0 Å². The first-order valence-electron chi connectivity index (χ1n) is 9.71. The van der Waals surface area contributed by atoms with Gasteiger partial charge in [-0.15, -0.1) is 0 Å². The van der Waals surface area contributed by atoms with E-state index in [2.05, 4.69) is 15.3 Å². The van der Waals surface area contributed by atoms with E-state index < -0.39 is 35.9 Å². The maximum Gasteiger partial charge on any atom is 0.326 e. The van der Waals surface area contributed by atoms with Gasteiger partial charge in [-0.3, -0.25) is 14.4 Å². The number of rotatable bonds is 7. The standard InChI is InChI=1S/C18H26N6O5/c19-12(7-11-8-20-10-22-11)17(27)24-6-1-3-13(24)16(26)21-9-15(25)23-5-2-4-14(23)18(28)29/h8,10,12-14H,1-7,9,19H2,(H,20,22)(H,21,26)(H,28,29). The molecular formula is C18H26N6O5. The number of nitrogens with two attached hydrogens (primary N) is 1. The highest BCUT2D eigenvalue weighted by atomic mass is 16.4. The molecule has 1 aromatic heterocycles. The van der Waals surface area contributed by atoms with E-state index >= 15 is 0 Å². The molecule has 0 bridgehead atoms. The molecule has 0 aromatic carbocycles. The Balaban J connectivity index is 1.53. The van der Waals surface area contributed by atoms with Gasteiger partial charge in [-0.1, -0.05) is 0 Å². The van der Waals surface area contributed by atoms with Crippen molar-refractivity contribution in [3.8, 4) is 0 Å². The molecule has 0 radical (unpaired) electrons. The number of amides is 3. The SMILES string of the molecule is NC(Cc1cnc[nH]1)C(=O)N1CCCC1C(=O)NCC(=O)N1CCCC1C(=O)O. The Morgan fingerprint density at radius 3 is 2.55 bits per heavy atom. The molecule has 158 valence electrons. The van der Waals surface area contributed by atoms with E-state index in [4.69, 9.17) is 5.73 Å². The fraction of sp³-hybridized carbons (Fsp3) is 0.611. The van der Waals surface area contributed by atoms with E-state index in [1.54, 1.807) is 6.20 Å². The molecule has 0 spiro atoms. The van der Waals surface area contributed by atoms with Crippen LogP contribution < -0.4 is 11.1 Å². The van der Waals surface area contributed by atoms with Crippen LogP contribution in [0.25, 0.3) is 0 Å². The minimum Gasteiger partial charge on any atom is -0.480 e. The minimum atomic E-state index is -1.04. The number of hydrogen-bond donors (Lipinski definition) is 4. The smallest absolute Gasteiger partial charge is 0.326 e. The maximum atomic E-state index is 12.7. The molecule has 0 aliphatic carbocycles. The monoisotopic (exact) mass is 406 g/mol. The van der Waals surface area contributed by atoms with Crippen LogP contribution in [-0.4, -0.2) is 86.3 Å². The van der Waals surface area contributed by atoms with E-state index in [1.165, 1.54) is 16.1 Å². The summed E-state index contributed by atoms with van der Waals surface area (Å²) in [6.07, 6.45) is 5.57. The second-order valence-electron chi connectivity index (χ2n) is 7.38. The Morgan fingerprint density at radius 2 is 1.90 bits per heavy atom. The third-order valence-electron chi connectivity index (χ3n) is 5.42. The molecule has 2 aliphatic rings. The zero-order valence-electron chi connectivity index (χ0n) is 16.0. The van der Waals surface area contributed by atoms with Gasteiger partial charge in [0.2, 0.25) is 17.7 Å². The number of H-pyrrole nitrogens is 1. The van der Waals surface area contributed by atoms with Crippen molar-refractivity contribution in [2.45, 2.75) is 50.2 Å². The second-order valence-corrected chi connectivity index (χ2v) is 7.38. The number of aromatic amines is 1. The van der Waals surface area contributed by atoms with Crippen molar-refractivity contribution in [2.75, 3.05) is 19.6 Å². The number of nitrogens with one attached hydrogen (secondary N) is 2. The van der Waals surface area contributed by atoms with Crippen LogP contribution in [-0.2, 0) is 25.6 Å². The van der Waals surface area contributed by atoms with Crippen LogP contribution in [0.4, 0.5) is 0 Å². The first-order valence-corrected chi connectivity index (χ1v) is 9.71. The zero-order chi connectivity index (χ0) is 21.0. The average molecular weight is 406 g/mol. The summed E-state index contributed by atoms with van der Waals surface area (Å²) < 4.78 is 0. The van der Waals surface area contributed by atoms with Crippen molar-refractivity contribution in [1.29, 1.82) is 0 Å². The average Bonchev–Trinajstić information content (AvgIpc) is 3.45. The topological polar surface area (TPSA) is 162 Å². The molecule has 2 aliphatic heterocycles. The van der Waals surface area contributed by atoms with Gasteiger partial charge >= 0.3 is 5.97 Å². The lowest BCUT2D eigenvalue weighted by atomic mass is 10.1. The Bertz CT molecular complexity index is 767. The Kier molecular flexibility index (Phi) is 6.47. The van der Waals surface area contributed by atoms with Gasteiger partial charge in [-0.25, -0.2) is 9.78 Å². The summed E-state index contributed by atoms with van der Waals surface area (Å²) in [4.78, 5) is 58.3. The molecule has 1 aromatic rings. The number of carbonyl (C=O) groups excluding carboxylic acids is 3. The molecule has 11 heteroatoms. The van der Waals surface area contributed by atoms with Crippen molar-refractivity contribution in [3.05, 3.63) is 18.2 Å². The molecule has 5 N–H and O–H groups in total. The number of likely N-dealkylation sites (tertiary alicyclic amines) is 2. The molecule has 2 saturated heterocycles. The molecular weight excluding hydrogens is 380 g/mol. The number of hydrogen-bond acceptors (Lipinski definition) is 6. The number of carboxylic acid groups (broad SMARTS) is 1. The largest absolute Gasteiger partial charge is 0.480 e. The number of imidazole rings is 1. The van der Waals surface area contributed by atoms with E-state index in [0.29, 0.717) is 38.8 Å². The molecule has 3 heterocycles. The summed E-state index contributed by atoms with van der Waals surface area (Å²) in [6.45, 7) is 0.498. The Hall–Kier alpha value is -2.95. The summed E-state index contributed by atoms with van der Waals surface area (Å²) in [7, 11) is 0. The minimum absolute atomic E-state index is 0.285. The van der Waals surface area contributed by atoms with Crippen molar-refractivity contribution >= 4 is 23.7 Å². The van der Waals surface area contributed by atoms with Gasteiger partial charge in [0.1, 0.15) is 12.1 Å². The summed E-state index contributed by atoms with van der Waals surface area (Å²) in [5.74, 6) is -2.23. The predicted molar refractivity (Wildman–Crippen MR) is 100 cm³/mol. The maximum absolute atomic E-state index is 12.7. The van der Waals surface area contributed by atoms with E-state index in [9.17, 15) is 24.3 Å². The van der Waals surface area contributed by atoms with Crippen LogP contribution in [0.3, 0.4) is 0 Å². The number of carbonyl (C=O) groups is 4. The van der Waals surface area contributed by atoms with Crippen molar-refractivity contribution < 1.29 is 24.3 Å². The first-order chi connectivity index (χ1) is 13.9. The molecule has 29 heavy (non-hydrogen) atoms. The first kappa shape index (κ1) is 20.8. The van der Waals surface area contributed by atoms with Gasteiger partial charge in [-0.2, -0.15) is 0 Å². The highest BCUT2D eigenvalue weighted by Gasteiger charge is 2.37. The van der Waals surface area contributed by atoms with Gasteiger partial charge in [0, 0.05) is 31.4 Å². The normalized spacial score (nSPS) is 22.5. The van der Waals surface area contributed by atoms with Crippen molar-refractivity contribution in [2.24, 2.45) is 5.73 Å². The highest BCUT2D eigenvalue weighted by molar-refractivity contribution is 5.93. The highest BCUT2D eigenvalue weighted by Crippen LogP contribution is 2.20. The molecule has 3 unspecified atom stereocenters. The number of aliphatic carboxylic acids is 1. The number of aromatic nitrogens is 2. The predicted octanol–water partition coefficient (Wildman–Crippen LogP) is -1.54. The zero-order valence-corrected chi connectivity index (χ0v) is 16.0. The fourth-order valence-electron chi connectivity index (χ4n) is 3.94. The fourth-order valence-corrected chi connectivity index (χ4v) is 3.94. The van der Waals surface area contributed by atoms with E-state index in [-0.39, 0.29) is 18.9 Å². The molecule has 3 atom stereocenters. The third kappa shape index (κ3) is 4.73. The van der Waals surface area contributed by atoms with Crippen LogP contribution >= 0.6 is 0 Å². The lowest BCUT2D eigenvalue weighted by Crippen LogP contribution is -2.53. The van der Waals surface area contributed by atoms with Gasteiger partial charge < -0.3 is 30.9 Å². The van der Waals surface area contributed by atoms with Crippen LogP contribution in [0, 0.1) is 0 Å². The van der Waals surface area contributed by atoms with E-state index in [1.807, 2.05) is 0 Å². The molecule has 3 rings (SSSR count). The quantitative estimate of drug-likeness (QED) is 0.427. The van der Waals surface area contributed by atoms with Gasteiger partial charge in [0.25, 0.3) is 0 Å². The molecule has 11 nitrogen and oxygen atoms in total. The van der Waals surface area contributed by atoms with Crippen LogP contribution in [0.5, 0.6) is 0 Å². The Morgan fingerprint density at radius 1 is 1.21 bits per heavy atom. The lowest BCUT2D eigenvalue weighted by Gasteiger charge is -2.27. The summed E-state index contributed by atoms with van der Waals surface area (Å²) in [5.41, 5.74) is 6.74. The van der Waals surface area contributed by atoms with Crippen molar-refractivity contribution in [1.82, 2.24) is 25.1 Å². The van der Waals surface area contributed by atoms with Gasteiger partial charge in [0.05, 0.1) is 18.9 Å². The summed E-state index contributed by atoms with van der Waals surface area (Å²) >= 11 is 0. The Labute approximate surface area is 167 Å². The number of nitrogens with zero attached hydrogens (tertiary/aromatic N) is 3. The number of carboxylic acids is 1. The van der Waals surface area contributed by atoms with Gasteiger partial charge in [0.15, 0.2) is 0 Å². The van der Waals surface area contributed by atoms with Crippen molar-refractivity contribution in [3.63, 3.8) is 0 Å². The molecule has 3 amide bonds. The van der Waals surface area contributed by atoms with Crippen LogP contribution in [0.15, 0.2) is 12.5 Å². The summed E-state index contributed by atoms with van der Waals surface area (Å²) in [5, 5.41) is 11.7. The summed E-state index contributed by atoms with van der Waals surface area (Å²) in [6, 6.07) is -2.33. The second kappa shape index (κ2) is 9.03. The molecule has 2 fully saturated rings.